The summed E-state index contributed by atoms with van der Waals surface area (Å²) in [5.41, 5.74) is 6.54. The highest BCUT2D eigenvalue weighted by Crippen LogP contribution is 2.39. The minimum atomic E-state index is -0.0504. The van der Waals surface area contributed by atoms with Gasteiger partial charge in [0, 0.05) is 47.8 Å². The van der Waals surface area contributed by atoms with Crippen LogP contribution >= 0.6 is 11.3 Å². The molecule has 0 saturated heterocycles. The predicted molar refractivity (Wildman–Crippen MR) is 138 cm³/mol. The predicted octanol–water partition coefficient (Wildman–Crippen LogP) is 8.00. The highest BCUT2D eigenvalue weighted by atomic mass is 32.1. The zero-order valence-corrected chi connectivity index (χ0v) is 20.3. The fourth-order valence-corrected chi connectivity index (χ4v) is 5.78. The van der Waals surface area contributed by atoms with E-state index in [0.29, 0.717) is 0 Å². The molecule has 0 unspecified atom stereocenters. The molecular weight excluding hydrogens is 410 g/mol. The van der Waals surface area contributed by atoms with E-state index in [9.17, 15) is 0 Å². The van der Waals surface area contributed by atoms with Gasteiger partial charge in [-0.1, -0.05) is 59.7 Å². The molecule has 6 rings (SSSR count). The molecule has 4 aromatic heterocycles. The minimum absolute atomic E-state index is 0.00771. The quantitative estimate of drug-likeness (QED) is 0.241. The molecule has 0 aliphatic carbocycles. The van der Waals surface area contributed by atoms with Crippen molar-refractivity contribution in [2.75, 3.05) is 0 Å². The van der Waals surface area contributed by atoms with Crippen LogP contribution in [0.1, 0.15) is 52.9 Å². The first-order valence-electron chi connectivity index (χ1n) is 11.2. The molecule has 4 heterocycles. The van der Waals surface area contributed by atoms with Crippen molar-refractivity contribution in [3.05, 3.63) is 66.0 Å². The van der Waals surface area contributed by atoms with Gasteiger partial charge in [0.2, 0.25) is 0 Å². The molecule has 0 atom stereocenters. The van der Waals surface area contributed by atoms with Crippen LogP contribution in [0, 0.1) is 0 Å². The fourth-order valence-electron chi connectivity index (χ4n) is 4.66. The summed E-state index contributed by atoms with van der Waals surface area (Å²) in [6.07, 6.45) is 0. The molecule has 0 aliphatic rings. The van der Waals surface area contributed by atoms with Gasteiger partial charge in [0.05, 0.1) is 16.6 Å². The van der Waals surface area contributed by atoms with E-state index in [1.54, 1.807) is 0 Å². The fraction of sp³-hybridized carbons (Fsp3) is 0.286. The van der Waals surface area contributed by atoms with Crippen molar-refractivity contribution in [1.29, 1.82) is 0 Å². The van der Waals surface area contributed by atoms with E-state index < -0.39 is 0 Å². The molecule has 3 nitrogen and oxygen atoms in total. The largest absolute Gasteiger partial charge is 0.295 e. The summed E-state index contributed by atoms with van der Waals surface area (Å²) in [6.45, 7) is 13.4. The molecule has 0 bridgehead atoms. The lowest BCUT2D eigenvalue weighted by Gasteiger charge is -2.23. The smallest absolute Gasteiger partial charge is 0.147 e. The van der Waals surface area contributed by atoms with Crippen LogP contribution in [0.25, 0.3) is 47.8 Å². The Balaban J connectivity index is 1.79. The Labute approximate surface area is 191 Å². The van der Waals surface area contributed by atoms with Crippen molar-refractivity contribution in [3.63, 3.8) is 0 Å². The van der Waals surface area contributed by atoms with Crippen molar-refractivity contribution in [1.82, 2.24) is 14.4 Å². The van der Waals surface area contributed by atoms with E-state index in [1.165, 1.54) is 31.4 Å². The third kappa shape index (κ3) is 2.79. The molecule has 4 heteroatoms. The number of aromatic nitrogens is 3. The molecule has 0 spiro atoms. The van der Waals surface area contributed by atoms with Crippen LogP contribution in [-0.4, -0.2) is 14.4 Å². The van der Waals surface area contributed by atoms with Crippen molar-refractivity contribution in [2.45, 2.75) is 52.4 Å². The number of benzene rings is 2. The number of imidazole rings is 1. The van der Waals surface area contributed by atoms with Crippen molar-refractivity contribution in [3.8, 4) is 0 Å². The van der Waals surface area contributed by atoms with Crippen LogP contribution in [0.15, 0.2) is 54.6 Å². The lowest BCUT2D eigenvalue weighted by atomic mass is 9.89. The van der Waals surface area contributed by atoms with Crippen LogP contribution in [0.4, 0.5) is 0 Å². The van der Waals surface area contributed by atoms with Gasteiger partial charge >= 0.3 is 0 Å². The van der Waals surface area contributed by atoms with Crippen LogP contribution in [0.3, 0.4) is 0 Å². The summed E-state index contributed by atoms with van der Waals surface area (Å²) in [4.78, 5) is 10.2. The van der Waals surface area contributed by atoms with Crippen molar-refractivity contribution < 1.29 is 0 Å². The van der Waals surface area contributed by atoms with E-state index in [1.807, 2.05) is 11.3 Å². The number of nitrogens with zero attached hydrogens (tertiary/aromatic N) is 3. The number of rotatable bonds is 0. The van der Waals surface area contributed by atoms with Crippen molar-refractivity contribution >= 4 is 59.1 Å². The van der Waals surface area contributed by atoms with E-state index in [0.717, 1.165) is 27.8 Å². The van der Waals surface area contributed by atoms with Gasteiger partial charge in [-0.3, -0.25) is 9.38 Å². The molecule has 2 aromatic carbocycles. The maximum Gasteiger partial charge on any atom is 0.147 e. The summed E-state index contributed by atoms with van der Waals surface area (Å²) in [7, 11) is 0. The third-order valence-electron chi connectivity index (χ3n) is 6.37. The maximum absolute atomic E-state index is 5.16. The third-order valence-corrected chi connectivity index (χ3v) is 7.50. The summed E-state index contributed by atoms with van der Waals surface area (Å²) in [6, 6.07) is 19.9. The summed E-state index contributed by atoms with van der Waals surface area (Å²) >= 11 is 1.84. The lowest BCUT2D eigenvalue weighted by molar-refractivity contribution is 0.563. The summed E-state index contributed by atoms with van der Waals surface area (Å²) < 4.78 is 4.98. The van der Waals surface area contributed by atoms with Gasteiger partial charge in [0.1, 0.15) is 5.65 Å². The van der Waals surface area contributed by atoms with E-state index in [2.05, 4.69) is 101 Å². The number of hydrogen-bond donors (Lipinski definition) is 0. The average molecular weight is 438 g/mol. The Kier molecular flexibility index (Phi) is 3.87. The molecular formula is C28H27N3S. The second kappa shape index (κ2) is 6.29. The van der Waals surface area contributed by atoms with Crippen LogP contribution in [0.5, 0.6) is 0 Å². The molecule has 32 heavy (non-hydrogen) atoms. The molecule has 6 aromatic rings. The second-order valence-corrected chi connectivity index (χ2v) is 11.9. The highest BCUT2D eigenvalue weighted by molar-refractivity contribution is 7.25. The molecule has 0 aliphatic heterocycles. The molecule has 0 amide bonds. The number of hydrogen-bond acceptors (Lipinski definition) is 3. The van der Waals surface area contributed by atoms with E-state index in [-0.39, 0.29) is 10.8 Å². The van der Waals surface area contributed by atoms with Crippen LogP contribution in [0.2, 0.25) is 0 Å². The molecule has 0 N–H and O–H groups in total. The standard InChI is InChI=1S/C28H27N3S/c1-27(2,3)24-12-11-17-19(29-24)15-25(28(4,5)6)31-21-13-18-16-9-7-8-10-22(16)32-23(18)14-20(21)30-26(17)31/h7-15H,1-6H3. The van der Waals surface area contributed by atoms with Gasteiger partial charge < -0.3 is 0 Å². The van der Waals surface area contributed by atoms with Gasteiger partial charge in [-0.25, -0.2) is 4.98 Å². The van der Waals surface area contributed by atoms with E-state index >= 15 is 0 Å². The first-order chi connectivity index (χ1) is 15.1. The average Bonchev–Trinajstić information content (AvgIpc) is 3.27. The summed E-state index contributed by atoms with van der Waals surface area (Å²) in [5.74, 6) is 0. The first kappa shape index (κ1) is 19.7. The topological polar surface area (TPSA) is 30.2 Å². The Morgan fingerprint density at radius 1 is 0.688 bits per heavy atom. The monoisotopic (exact) mass is 437 g/mol. The Morgan fingerprint density at radius 2 is 1.47 bits per heavy atom. The minimum Gasteiger partial charge on any atom is -0.295 e. The van der Waals surface area contributed by atoms with Gasteiger partial charge in [-0.05, 0) is 36.4 Å². The SMILES string of the molecule is CC(C)(C)c1ccc2c(cc(C(C)(C)C)n3c4cc5c(cc4nc23)sc2ccccc25)n1. The van der Waals surface area contributed by atoms with Gasteiger partial charge in [0.25, 0.3) is 0 Å². The zero-order valence-electron chi connectivity index (χ0n) is 19.4. The van der Waals surface area contributed by atoms with Gasteiger partial charge in [-0.15, -0.1) is 11.3 Å². The van der Waals surface area contributed by atoms with Crippen molar-refractivity contribution in [2.24, 2.45) is 0 Å². The van der Waals surface area contributed by atoms with Gasteiger partial charge in [0.15, 0.2) is 0 Å². The Hall–Kier alpha value is -2.98. The highest BCUT2D eigenvalue weighted by Gasteiger charge is 2.24. The zero-order chi connectivity index (χ0) is 22.4. The molecule has 0 radical (unpaired) electrons. The molecule has 0 fully saturated rings. The lowest BCUT2D eigenvalue weighted by Crippen LogP contribution is -2.17. The number of pyridine rings is 2. The molecule has 0 saturated carbocycles. The number of fused-ring (bicyclic) bond motifs is 8. The molecule has 160 valence electrons. The maximum atomic E-state index is 5.16. The second-order valence-electron chi connectivity index (χ2n) is 10.9. The Bertz CT molecular complexity index is 1690. The first-order valence-corrected chi connectivity index (χ1v) is 12.0. The van der Waals surface area contributed by atoms with Crippen LogP contribution < -0.4 is 0 Å². The number of thiophene rings is 1. The van der Waals surface area contributed by atoms with Gasteiger partial charge in [-0.2, -0.15) is 0 Å². The van der Waals surface area contributed by atoms with Crippen LogP contribution in [-0.2, 0) is 10.8 Å². The Morgan fingerprint density at radius 3 is 2.22 bits per heavy atom. The normalized spacial score (nSPS) is 13.3. The summed E-state index contributed by atoms with van der Waals surface area (Å²) in [5, 5.41) is 3.73. The van der Waals surface area contributed by atoms with E-state index in [4.69, 9.17) is 9.97 Å².